The van der Waals surface area contributed by atoms with Gasteiger partial charge in [-0.05, 0) is 34.1 Å². The normalized spacial score (nSPS) is 15.8. The van der Waals surface area contributed by atoms with Crippen LogP contribution in [0, 0.1) is 11.6 Å². The zero-order chi connectivity index (χ0) is 20.7. The summed E-state index contributed by atoms with van der Waals surface area (Å²) in [4.78, 5) is 4.14. The number of nitrogens with zero attached hydrogens (tertiary/aromatic N) is 2. The van der Waals surface area contributed by atoms with Crippen molar-refractivity contribution >= 4 is 37.9 Å². The number of halogens is 3. The van der Waals surface area contributed by atoms with E-state index in [9.17, 15) is 8.78 Å². The molecule has 0 saturated heterocycles. The molecule has 8 heteroatoms. The Hall–Kier alpha value is -2.97. The van der Waals surface area contributed by atoms with Crippen LogP contribution >= 0.6 is 15.9 Å². The lowest BCUT2D eigenvalue weighted by Crippen LogP contribution is -2.23. The molecular formula is C22H15BrF2N2O3. The van der Waals surface area contributed by atoms with Gasteiger partial charge in [0.05, 0.1) is 48.2 Å². The number of imidazole rings is 1. The van der Waals surface area contributed by atoms with E-state index < -0.39 is 0 Å². The molecule has 1 aliphatic heterocycles. The van der Waals surface area contributed by atoms with Gasteiger partial charge in [-0.2, -0.15) is 0 Å². The van der Waals surface area contributed by atoms with Crippen LogP contribution in [0.2, 0.25) is 0 Å². The fourth-order valence-electron chi connectivity index (χ4n) is 3.61. The van der Waals surface area contributed by atoms with Crippen LogP contribution in [-0.2, 0) is 11.3 Å². The zero-order valence-electron chi connectivity index (χ0n) is 15.5. The fraction of sp³-hybridized carbons (Fsp3) is 0.136. The Bertz CT molecular complexity index is 1340. The van der Waals surface area contributed by atoms with Crippen molar-refractivity contribution in [1.82, 2.24) is 9.55 Å². The van der Waals surface area contributed by atoms with Gasteiger partial charge in [-0.15, -0.1) is 0 Å². The fourth-order valence-corrected chi connectivity index (χ4v) is 4.02. The molecule has 0 fully saturated rings. The average molecular weight is 473 g/mol. The van der Waals surface area contributed by atoms with Crippen LogP contribution in [0.25, 0.3) is 21.9 Å². The Morgan fingerprint density at radius 1 is 0.967 bits per heavy atom. The van der Waals surface area contributed by atoms with Gasteiger partial charge in [0.25, 0.3) is 0 Å². The third kappa shape index (κ3) is 3.22. The predicted octanol–water partition coefficient (Wildman–Crippen LogP) is 6.22. The molecule has 4 heterocycles. The first-order valence-corrected chi connectivity index (χ1v) is 9.98. The van der Waals surface area contributed by atoms with Crippen molar-refractivity contribution < 1.29 is 22.4 Å². The number of para-hydroxylation sites is 2. The van der Waals surface area contributed by atoms with Gasteiger partial charge in [-0.25, -0.2) is 13.8 Å². The smallest absolute Gasteiger partial charge is 0.170 e. The van der Waals surface area contributed by atoms with Gasteiger partial charge in [0, 0.05) is 16.3 Å². The van der Waals surface area contributed by atoms with E-state index >= 15 is 0 Å². The molecule has 0 saturated carbocycles. The summed E-state index contributed by atoms with van der Waals surface area (Å²) in [6.45, 7) is 1.09. The summed E-state index contributed by atoms with van der Waals surface area (Å²) in [5, 5.41) is 1.56. The van der Waals surface area contributed by atoms with Gasteiger partial charge in [0.1, 0.15) is 6.26 Å². The minimum atomic E-state index is -0.341. The van der Waals surface area contributed by atoms with Crippen molar-refractivity contribution in [2.24, 2.45) is 0 Å². The van der Waals surface area contributed by atoms with Gasteiger partial charge in [0.15, 0.2) is 22.8 Å². The lowest BCUT2D eigenvalue weighted by molar-refractivity contribution is 0.0697. The van der Waals surface area contributed by atoms with Crippen molar-refractivity contribution in [3.8, 4) is 0 Å². The van der Waals surface area contributed by atoms with Crippen LogP contribution in [0.15, 0.2) is 74.8 Å². The molecule has 5 nitrogen and oxygen atoms in total. The molecule has 5 aromatic rings. The number of ether oxygens (including phenoxy) is 1. The monoisotopic (exact) mass is 472 g/mol. The van der Waals surface area contributed by atoms with Gasteiger partial charge in [-0.3, -0.25) is 0 Å². The largest absolute Gasteiger partial charge is 0.461 e. The minimum absolute atomic E-state index is 0.0192. The summed E-state index contributed by atoms with van der Waals surface area (Å²) in [6.07, 6.45) is 6.65. The molecule has 152 valence electrons. The second kappa shape index (κ2) is 7.70. The van der Waals surface area contributed by atoms with Crippen molar-refractivity contribution in [1.29, 1.82) is 0 Å². The summed E-state index contributed by atoms with van der Waals surface area (Å²) < 4.78 is 45.3. The van der Waals surface area contributed by atoms with E-state index in [-0.39, 0.29) is 17.7 Å². The summed E-state index contributed by atoms with van der Waals surface area (Å²) in [6, 6.07) is 9.75. The molecule has 3 aromatic heterocycles. The number of hydrogen-bond acceptors (Lipinski definition) is 4. The highest BCUT2D eigenvalue weighted by Crippen LogP contribution is 2.33. The Kier molecular flexibility index (Phi) is 4.88. The average Bonchev–Trinajstić information content (AvgIpc) is 3.48. The van der Waals surface area contributed by atoms with Gasteiger partial charge in [0.2, 0.25) is 0 Å². The molecule has 2 aromatic carbocycles. The molecular weight excluding hydrogens is 458 g/mol. The van der Waals surface area contributed by atoms with E-state index in [1.54, 1.807) is 37.0 Å². The third-order valence-corrected chi connectivity index (χ3v) is 5.67. The number of benzene rings is 2. The predicted molar refractivity (Wildman–Crippen MR) is 110 cm³/mol. The molecule has 30 heavy (non-hydrogen) atoms. The Morgan fingerprint density at radius 3 is 2.43 bits per heavy atom. The molecule has 0 amide bonds. The second-order valence-electron chi connectivity index (χ2n) is 6.83. The maximum absolute atomic E-state index is 13.7. The molecule has 0 bridgehead atoms. The maximum atomic E-state index is 13.7. The quantitative estimate of drug-likeness (QED) is 0.290. The summed E-state index contributed by atoms with van der Waals surface area (Å²) in [5.74, 6) is -0.667. The summed E-state index contributed by atoms with van der Waals surface area (Å²) >= 11 is 3.24. The van der Waals surface area contributed by atoms with Crippen LogP contribution < -0.4 is 0 Å². The lowest BCUT2D eigenvalue weighted by atomic mass is 10.1. The third-order valence-electron chi connectivity index (χ3n) is 5.05. The number of hydrogen-bond donors (Lipinski definition) is 0. The van der Waals surface area contributed by atoms with Crippen molar-refractivity contribution in [3.05, 3.63) is 88.8 Å². The van der Waals surface area contributed by atoms with Crippen LogP contribution in [0.1, 0.15) is 17.3 Å². The summed E-state index contributed by atoms with van der Waals surface area (Å²) in [7, 11) is 0. The van der Waals surface area contributed by atoms with E-state index in [1.165, 1.54) is 18.4 Å². The van der Waals surface area contributed by atoms with Crippen molar-refractivity contribution in [2.75, 3.05) is 6.61 Å². The van der Waals surface area contributed by atoms with E-state index in [4.69, 9.17) is 13.6 Å². The molecule has 0 N–H and O–H groups in total. The molecule has 1 unspecified atom stereocenters. The number of rotatable bonds is 1. The Morgan fingerprint density at radius 2 is 1.67 bits per heavy atom. The number of fused-ring (bicyclic) bond motifs is 3. The van der Waals surface area contributed by atoms with E-state index in [1.807, 2.05) is 6.07 Å². The maximum Gasteiger partial charge on any atom is 0.170 e. The molecule has 0 spiro atoms. The highest BCUT2D eigenvalue weighted by Gasteiger charge is 2.25. The van der Waals surface area contributed by atoms with E-state index in [0.717, 1.165) is 26.5 Å². The SMILES string of the molecule is Fc1cccc2c(Br)coc12.Fc1cccc2c(C3COCc4cncn43)coc12. The van der Waals surface area contributed by atoms with Crippen molar-refractivity contribution in [3.63, 3.8) is 0 Å². The standard InChI is InChI=1S/C14H11FN2O2.C8H4BrFO/c15-12-3-1-2-10-11(6-19-14(10)12)13-7-18-5-9-4-16-8-17(9)13;9-6-4-11-8-5(6)2-1-3-7(8)10/h1-4,6,8,13H,5,7H2;1-4H. The summed E-state index contributed by atoms with van der Waals surface area (Å²) in [5.41, 5.74) is 2.54. The minimum Gasteiger partial charge on any atom is -0.461 e. The highest BCUT2D eigenvalue weighted by atomic mass is 79.9. The Labute approximate surface area is 178 Å². The molecule has 1 aliphatic rings. The number of furan rings is 2. The van der Waals surface area contributed by atoms with Crippen LogP contribution in [0.4, 0.5) is 8.78 Å². The van der Waals surface area contributed by atoms with Gasteiger partial charge in [-0.1, -0.05) is 18.2 Å². The van der Waals surface area contributed by atoms with Gasteiger partial charge < -0.3 is 18.1 Å². The topological polar surface area (TPSA) is 53.3 Å². The molecule has 0 radical (unpaired) electrons. The lowest BCUT2D eigenvalue weighted by Gasteiger charge is -2.25. The van der Waals surface area contributed by atoms with Crippen LogP contribution in [0.5, 0.6) is 0 Å². The second-order valence-corrected chi connectivity index (χ2v) is 7.69. The molecule has 1 atom stereocenters. The van der Waals surface area contributed by atoms with Crippen LogP contribution in [-0.4, -0.2) is 16.2 Å². The first-order valence-electron chi connectivity index (χ1n) is 9.18. The Balaban J connectivity index is 0.000000149. The van der Waals surface area contributed by atoms with Gasteiger partial charge >= 0.3 is 0 Å². The first-order chi connectivity index (χ1) is 14.6. The first kappa shape index (κ1) is 19.0. The number of aromatic nitrogens is 2. The van der Waals surface area contributed by atoms with E-state index in [0.29, 0.717) is 24.4 Å². The van der Waals surface area contributed by atoms with E-state index in [2.05, 4.69) is 25.5 Å². The van der Waals surface area contributed by atoms with Crippen LogP contribution in [0.3, 0.4) is 0 Å². The zero-order valence-corrected chi connectivity index (χ0v) is 17.1. The molecule has 6 rings (SSSR count). The highest BCUT2D eigenvalue weighted by molar-refractivity contribution is 9.10. The van der Waals surface area contributed by atoms with Crippen molar-refractivity contribution in [2.45, 2.75) is 12.6 Å². The molecule has 0 aliphatic carbocycles.